The molecule has 1 N–H and O–H groups in total. The van der Waals surface area contributed by atoms with E-state index in [1.54, 1.807) is 5.38 Å². The Hall–Kier alpha value is -1.73. The number of carbonyl (C=O) groups excluding carboxylic acids is 1. The number of aromatic nitrogens is 1. The molecule has 2 aliphatic carbocycles. The molecule has 0 radical (unpaired) electrons. The number of hydrogen-bond donors (Lipinski definition) is 1. The van der Waals surface area contributed by atoms with Crippen molar-refractivity contribution in [3.8, 4) is 0 Å². The van der Waals surface area contributed by atoms with Crippen molar-refractivity contribution in [2.24, 2.45) is 0 Å². The monoisotopic (exact) mass is 362 g/mol. The van der Waals surface area contributed by atoms with Gasteiger partial charge in [0, 0.05) is 17.3 Å². The van der Waals surface area contributed by atoms with Gasteiger partial charge in [0.1, 0.15) is 5.75 Å². The summed E-state index contributed by atoms with van der Waals surface area (Å²) >= 11 is 1.04. The number of carbonyl (C=O) groups is 1. The predicted octanol–water partition coefficient (Wildman–Crippen LogP) is 2.53. The number of rotatable bonds is 4. The summed E-state index contributed by atoms with van der Waals surface area (Å²) in [5.74, 6) is -1.03. The van der Waals surface area contributed by atoms with Crippen molar-refractivity contribution in [1.29, 1.82) is 0 Å². The first-order valence-electron chi connectivity index (χ1n) is 8.13. The maximum absolute atomic E-state index is 12.4. The summed E-state index contributed by atoms with van der Waals surface area (Å²) in [4.78, 5) is 16.2. The summed E-state index contributed by atoms with van der Waals surface area (Å²) in [5, 5.41) is 4.52. The standard InChI is InChI=1S/C17H18N2O3S2/c20-15(10-24(21,22)17-18-7-8-23-17)19-16-13-5-1-3-11(13)9-12-4-2-6-14(12)16/h7-9H,1-6,10H2,(H,19,20). The average molecular weight is 362 g/mol. The first-order valence-corrected chi connectivity index (χ1v) is 10.7. The van der Waals surface area contributed by atoms with E-state index in [0.717, 1.165) is 55.5 Å². The number of hydrogen-bond acceptors (Lipinski definition) is 5. The second kappa shape index (κ2) is 5.97. The number of sulfone groups is 1. The summed E-state index contributed by atoms with van der Waals surface area (Å²) < 4.78 is 24.5. The van der Waals surface area contributed by atoms with Crippen molar-refractivity contribution in [2.75, 3.05) is 11.1 Å². The minimum absolute atomic E-state index is 0.00108. The van der Waals surface area contributed by atoms with E-state index in [9.17, 15) is 13.2 Å². The third-order valence-corrected chi connectivity index (χ3v) is 7.63. The SMILES string of the molecule is O=C(CS(=O)(=O)c1nccs1)Nc1c2c(cc3c1CCC3)CCC2. The number of thiazole rings is 1. The molecule has 0 atom stereocenters. The van der Waals surface area contributed by atoms with Crippen LogP contribution in [0.15, 0.2) is 22.0 Å². The Bertz CT molecular complexity index is 870. The minimum Gasteiger partial charge on any atom is -0.325 e. The van der Waals surface area contributed by atoms with Crippen LogP contribution in [0.2, 0.25) is 0 Å². The highest BCUT2D eigenvalue weighted by atomic mass is 32.2. The molecule has 5 nitrogen and oxygen atoms in total. The molecule has 126 valence electrons. The first kappa shape index (κ1) is 15.8. The second-order valence-electron chi connectivity index (χ2n) is 6.34. The average Bonchev–Trinajstić information content (AvgIpc) is 3.27. The van der Waals surface area contributed by atoms with Crippen LogP contribution < -0.4 is 5.32 Å². The van der Waals surface area contributed by atoms with E-state index in [1.807, 2.05) is 0 Å². The van der Waals surface area contributed by atoms with Crippen molar-refractivity contribution in [2.45, 2.75) is 42.9 Å². The molecular formula is C17H18N2O3S2. The Kier molecular flexibility index (Phi) is 3.92. The van der Waals surface area contributed by atoms with Gasteiger partial charge in [0.15, 0.2) is 0 Å². The van der Waals surface area contributed by atoms with Crippen molar-refractivity contribution in [1.82, 2.24) is 4.98 Å². The number of nitrogens with zero attached hydrogens (tertiary/aromatic N) is 1. The fraction of sp³-hybridized carbons (Fsp3) is 0.412. The van der Waals surface area contributed by atoms with Crippen LogP contribution >= 0.6 is 11.3 Å². The number of anilines is 1. The molecule has 1 amide bonds. The fourth-order valence-electron chi connectivity index (χ4n) is 3.74. The molecule has 2 aromatic rings. The van der Waals surface area contributed by atoms with E-state index in [0.29, 0.717) is 0 Å². The molecule has 4 rings (SSSR count). The molecule has 2 aliphatic rings. The lowest BCUT2D eigenvalue weighted by Gasteiger charge is -2.16. The Labute approximate surface area is 145 Å². The topological polar surface area (TPSA) is 76.1 Å². The number of benzene rings is 1. The number of fused-ring (bicyclic) bond motifs is 2. The van der Waals surface area contributed by atoms with Crippen molar-refractivity contribution in [3.05, 3.63) is 39.9 Å². The summed E-state index contributed by atoms with van der Waals surface area (Å²) in [6.07, 6.45) is 7.63. The summed E-state index contributed by atoms with van der Waals surface area (Å²) in [7, 11) is -3.67. The molecule has 1 aromatic carbocycles. The van der Waals surface area contributed by atoms with Crippen LogP contribution in [0.3, 0.4) is 0 Å². The van der Waals surface area contributed by atoms with Crippen molar-refractivity contribution >= 4 is 32.8 Å². The van der Waals surface area contributed by atoms with E-state index < -0.39 is 21.5 Å². The molecule has 0 fully saturated rings. The molecule has 0 saturated heterocycles. The van der Waals surface area contributed by atoms with E-state index in [1.165, 1.54) is 28.5 Å². The van der Waals surface area contributed by atoms with Gasteiger partial charge >= 0.3 is 0 Å². The van der Waals surface area contributed by atoms with Crippen molar-refractivity contribution in [3.63, 3.8) is 0 Å². The van der Waals surface area contributed by atoms with Gasteiger partial charge in [-0.1, -0.05) is 6.07 Å². The molecule has 0 aliphatic heterocycles. The third-order valence-electron chi connectivity index (χ3n) is 4.73. The van der Waals surface area contributed by atoms with Crippen LogP contribution in [-0.4, -0.2) is 25.1 Å². The maximum atomic E-state index is 12.4. The molecule has 0 unspecified atom stereocenters. The number of amides is 1. The lowest BCUT2D eigenvalue weighted by atomic mass is 9.98. The van der Waals surface area contributed by atoms with Crippen LogP contribution in [0.4, 0.5) is 5.69 Å². The Balaban J connectivity index is 1.61. The van der Waals surface area contributed by atoms with Gasteiger partial charge in [-0.2, -0.15) is 0 Å². The first-order chi connectivity index (χ1) is 11.5. The van der Waals surface area contributed by atoms with Crippen LogP contribution in [0.5, 0.6) is 0 Å². The Morgan fingerprint density at radius 2 is 1.79 bits per heavy atom. The van der Waals surface area contributed by atoms with Gasteiger partial charge in [0.25, 0.3) is 0 Å². The minimum atomic E-state index is -3.67. The molecule has 0 saturated carbocycles. The zero-order chi connectivity index (χ0) is 16.7. The summed E-state index contributed by atoms with van der Waals surface area (Å²) in [6.45, 7) is 0. The van der Waals surface area contributed by atoms with Crippen LogP contribution in [0, 0.1) is 0 Å². The summed E-state index contributed by atoms with van der Waals surface area (Å²) in [6, 6.07) is 2.28. The van der Waals surface area contributed by atoms with Crippen LogP contribution in [-0.2, 0) is 40.3 Å². The van der Waals surface area contributed by atoms with E-state index in [4.69, 9.17) is 0 Å². The third kappa shape index (κ3) is 2.75. The van der Waals surface area contributed by atoms with Crippen LogP contribution in [0.1, 0.15) is 35.1 Å². The Morgan fingerprint density at radius 1 is 1.12 bits per heavy atom. The van der Waals surface area contributed by atoms with Crippen LogP contribution in [0.25, 0.3) is 0 Å². The maximum Gasteiger partial charge on any atom is 0.240 e. The van der Waals surface area contributed by atoms with Gasteiger partial charge in [-0.05, 0) is 60.8 Å². The summed E-state index contributed by atoms with van der Waals surface area (Å²) in [5.41, 5.74) is 5.92. The smallest absolute Gasteiger partial charge is 0.240 e. The van der Waals surface area contributed by atoms with E-state index in [-0.39, 0.29) is 4.34 Å². The fourth-order valence-corrected chi connectivity index (χ4v) is 5.79. The largest absolute Gasteiger partial charge is 0.325 e. The molecule has 0 bridgehead atoms. The molecule has 0 spiro atoms. The Morgan fingerprint density at radius 3 is 2.38 bits per heavy atom. The lowest BCUT2D eigenvalue weighted by Crippen LogP contribution is -2.24. The molecule has 7 heteroatoms. The lowest BCUT2D eigenvalue weighted by molar-refractivity contribution is -0.113. The highest BCUT2D eigenvalue weighted by Gasteiger charge is 2.27. The van der Waals surface area contributed by atoms with E-state index >= 15 is 0 Å². The number of nitrogens with one attached hydrogen (secondary N) is 1. The molecule has 24 heavy (non-hydrogen) atoms. The molecule has 1 heterocycles. The van der Waals surface area contributed by atoms with Crippen molar-refractivity contribution < 1.29 is 13.2 Å². The van der Waals surface area contributed by atoms with Gasteiger partial charge in [0.05, 0.1) is 0 Å². The molecular weight excluding hydrogens is 344 g/mol. The highest BCUT2D eigenvalue weighted by Crippen LogP contribution is 2.38. The predicted molar refractivity (Wildman–Crippen MR) is 93.3 cm³/mol. The zero-order valence-corrected chi connectivity index (χ0v) is 14.8. The van der Waals surface area contributed by atoms with Gasteiger partial charge < -0.3 is 5.32 Å². The molecule has 1 aromatic heterocycles. The van der Waals surface area contributed by atoms with Gasteiger partial charge in [-0.25, -0.2) is 13.4 Å². The van der Waals surface area contributed by atoms with Gasteiger partial charge in [-0.3, -0.25) is 4.79 Å². The quantitative estimate of drug-likeness (QED) is 0.907. The second-order valence-corrected chi connectivity index (χ2v) is 9.40. The van der Waals surface area contributed by atoms with E-state index in [2.05, 4.69) is 16.4 Å². The highest BCUT2D eigenvalue weighted by molar-refractivity contribution is 7.94. The normalized spacial score (nSPS) is 16.0. The zero-order valence-electron chi connectivity index (χ0n) is 13.2. The number of aryl methyl sites for hydroxylation is 2. The van der Waals surface area contributed by atoms with Gasteiger partial charge in [-0.15, -0.1) is 11.3 Å². The van der Waals surface area contributed by atoms with Gasteiger partial charge in [0.2, 0.25) is 20.1 Å².